The quantitative estimate of drug-likeness (QED) is 0.164. The summed E-state index contributed by atoms with van der Waals surface area (Å²) in [6.07, 6.45) is 0. The second-order valence-corrected chi connectivity index (χ2v) is 16.4. The van der Waals surface area contributed by atoms with Crippen molar-refractivity contribution >= 4 is 65.6 Å². The van der Waals surface area contributed by atoms with Gasteiger partial charge < -0.3 is 13.6 Å². The zero-order valence-corrected chi connectivity index (χ0v) is 34.2. The van der Waals surface area contributed by atoms with Gasteiger partial charge in [0, 0.05) is 37.9 Å². The highest BCUT2D eigenvalue weighted by Crippen LogP contribution is 2.45. The molecule has 0 spiro atoms. The molecule has 13 aromatic rings. The van der Waals surface area contributed by atoms with Gasteiger partial charge in [0.2, 0.25) is 0 Å². The highest BCUT2D eigenvalue weighted by atomic mass is 16.3. The van der Waals surface area contributed by atoms with Gasteiger partial charge in [0.15, 0.2) is 5.58 Å². The third-order valence-corrected chi connectivity index (χ3v) is 13.0. The van der Waals surface area contributed by atoms with E-state index in [9.17, 15) is 0 Å². The molecular weight excluding hydrogens is 765 g/mol. The Morgan fingerprint density at radius 3 is 1.56 bits per heavy atom. The zero-order valence-electron chi connectivity index (χ0n) is 34.2. The number of benzene rings is 10. The maximum Gasteiger partial charge on any atom is 0.160 e. The van der Waals surface area contributed by atoms with E-state index in [1.807, 2.05) is 0 Å². The molecule has 63 heavy (non-hydrogen) atoms. The normalized spacial score (nSPS) is 11.8. The van der Waals surface area contributed by atoms with Crippen LogP contribution in [0.1, 0.15) is 0 Å². The van der Waals surface area contributed by atoms with Crippen molar-refractivity contribution < 1.29 is 4.42 Å². The summed E-state index contributed by atoms with van der Waals surface area (Å²) in [5.41, 5.74) is 18.0. The van der Waals surface area contributed by atoms with E-state index >= 15 is 0 Å². The van der Waals surface area contributed by atoms with Crippen LogP contribution in [0.4, 0.5) is 0 Å². The lowest BCUT2D eigenvalue weighted by atomic mass is 9.91. The Morgan fingerprint density at radius 1 is 0.270 bits per heavy atom. The van der Waals surface area contributed by atoms with Gasteiger partial charge in [0.25, 0.3) is 0 Å². The second-order valence-electron chi connectivity index (χ2n) is 16.4. The summed E-state index contributed by atoms with van der Waals surface area (Å²) in [5.74, 6) is 0. The molecule has 3 heteroatoms. The highest BCUT2D eigenvalue weighted by Gasteiger charge is 2.23. The first kappa shape index (κ1) is 35.4. The summed E-state index contributed by atoms with van der Waals surface area (Å²) in [4.78, 5) is 0. The number of hydrogen-bond donors (Lipinski definition) is 0. The van der Waals surface area contributed by atoms with Crippen molar-refractivity contribution in [2.24, 2.45) is 0 Å². The number of aromatic nitrogens is 2. The lowest BCUT2D eigenvalue weighted by Crippen LogP contribution is -1.97. The van der Waals surface area contributed by atoms with Crippen LogP contribution in [-0.4, -0.2) is 9.13 Å². The Kier molecular flexibility index (Phi) is 7.91. The molecule has 0 radical (unpaired) electrons. The van der Waals surface area contributed by atoms with Crippen molar-refractivity contribution in [3.63, 3.8) is 0 Å². The van der Waals surface area contributed by atoms with Crippen LogP contribution in [0, 0.1) is 0 Å². The number of furan rings is 1. The molecule has 0 unspecified atom stereocenters. The van der Waals surface area contributed by atoms with Crippen molar-refractivity contribution in [3.05, 3.63) is 231 Å². The molecule has 10 aromatic carbocycles. The number of nitrogens with zero attached hydrogens (tertiary/aromatic N) is 2. The van der Waals surface area contributed by atoms with Gasteiger partial charge in [-0.05, 0) is 87.5 Å². The molecule has 0 aliphatic carbocycles. The molecule has 3 aromatic heterocycles. The van der Waals surface area contributed by atoms with Gasteiger partial charge >= 0.3 is 0 Å². The van der Waals surface area contributed by atoms with E-state index in [0.29, 0.717) is 0 Å². The fourth-order valence-corrected chi connectivity index (χ4v) is 10.2. The SMILES string of the molecule is c1ccc(-c2ccccc2-c2ccc(-n3c4ccccc4c4ccc(-c5ccc6c(c5)c5ccccc5n6-c5ccccc5-c5ccccc5)cc43)c3oc4ccccc4c23)cc1. The van der Waals surface area contributed by atoms with E-state index in [1.165, 1.54) is 71.6 Å². The molecule has 0 bridgehead atoms. The lowest BCUT2D eigenvalue weighted by Gasteiger charge is -2.15. The van der Waals surface area contributed by atoms with E-state index in [-0.39, 0.29) is 0 Å². The van der Waals surface area contributed by atoms with Gasteiger partial charge in [0.1, 0.15) is 5.58 Å². The Bertz CT molecular complexity index is 3900. The first-order valence-electron chi connectivity index (χ1n) is 21.6. The van der Waals surface area contributed by atoms with Gasteiger partial charge in [-0.2, -0.15) is 0 Å². The summed E-state index contributed by atoms with van der Waals surface area (Å²) >= 11 is 0. The van der Waals surface area contributed by atoms with Crippen LogP contribution in [-0.2, 0) is 0 Å². The summed E-state index contributed by atoms with van der Waals surface area (Å²) in [6.45, 7) is 0. The lowest BCUT2D eigenvalue weighted by molar-refractivity contribution is 0.666. The average molecular weight is 803 g/mol. The minimum absolute atomic E-state index is 0.870. The molecule has 3 heterocycles. The molecule has 13 rings (SSSR count). The van der Waals surface area contributed by atoms with Crippen molar-refractivity contribution in [3.8, 4) is 55.9 Å². The van der Waals surface area contributed by atoms with Crippen LogP contribution in [0.5, 0.6) is 0 Å². The summed E-state index contributed by atoms with van der Waals surface area (Å²) in [5, 5.41) is 7.08. The summed E-state index contributed by atoms with van der Waals surface area (Å²) in [6, 6.07) is 83.3. The molecule has 0 fully saturated rings. The highest BCUT2D eigenvalue weighted by molar-refractivity contribution is 6.18. The fraction of sp³-hybridized carbons (Fsp3) is 0. The van der Waals surface area contributed by atoms with Crippen LogP contribution >= 0.6 is 0 Å². The minimum Gasteiger partial charge on any atom is -0.454 e. The fourth-order valence-electron chi connectivity index (χ4n) is 10.2. The standard InChI is InChI=1S/C60H38N2O/c1-3-17-39(18-4-1)43-21-7-8-23-45(43)49-34-36-56(60-59(49)50-26-12-16-30-58(50)63-60)62-53-28-14-10-24-46(53)48-33-31-42(38-57(48)62)41-32-35-55-51(37-41)47-25-11-15-29-54(47)61(55)52-27-13-9-22-44(52)40-19-5-2-6-20-40/h1-38H. The van der Waals surface area contributed by atoms with Crippen molar-refractivity contribution in [1.82, 2.24) is 9.13 Å². The number of hydrogen-bond acceptors (Lipinski definition) is 1. The van der Waals surface area contributed by atoms with Crippen LogP contribution in [0.15, 0.2) is 235 Å². The topological polar surface area (TPSA) is 23.0 Å². The third-order valence-electron chi connectivity index (χ3n) is 13.0. The molecule has 0 amide bonds. The molecule has 294 valence electrons. The molecule has 0 saturated heterocycles. The Morgan fingerprint density at radius 2 is 0.794 bits per heavy atom. The van der Waals surface area contributed by atoms with E-state index < -0.39 is 0 Å². The van der Waals surface area contributed by atoms with E-state index in [2.05, 4.69) is 240 Å². The van der Waals surface area contributed by atoms with E-state index in [4.69, 9.17) is 4.42 Å². The van der Waals surface area contributed by atoms with Crippen LogP contribution < -0.4 is 0 Å². The maximum atomic E-state index is 6.97. The number of rotatable bonds is 6. The van der Waals surface area contributed by atoms with Gasteiger partial charge in [-0.1, -0.05) is 182 Å². The zero-order chi connectivity index (χ0) is 41.4. The smallest absolute Gasteiger partial charge is 0.160 e. The van der Waals surface area contributed by atoms with Crippen molar-refractivity contribution in [2.75, 3.05) is 0 Å². The average Bonchev–Trinajstić information content (AvgIpc) is 4.02. The van der Waals surface area contributed by atoms with Gasteiger partial charge in [-0.15, -0.1) is 0 Å². The summed E-state index contributed by atoms with van der Waals surface area (Å²) in [7, 11) is 0. The monoisotopic (exact) mass is 802 g/mol. The first-order chi connectivity index (χ1) is 31.3. The molecule has 0 aliphatic rings. The van der Waals surface area contributed by atoms with Crippen LogP contribution in [0.3, 0.4) is 0 Å². The van der Waals surface area contributed by atoms with Gasteiger partial charge in [-0.25, -0.2) is 0 Å². The Hall–Kier alpha value is -8.40. The van der Waals surface area contributed by atoms with Gasteiger partial charge in [0.05, 0.1) is 33.4 Å². The molecule has 0 atom stereocenters. The predicted molar refractivity (Wildman–Crippen MR) is 264 cm³/mol. The Balaban J connectivity index is 1.03. The van der Waals surface area contributed by atoms with Crippen molar-refractivity contribution in [1.29, 1.82) is 0 Å². The number of fused-ring (bicyclic) bond motifs is 9. The summed E-state index contributed by atoms with van der Waals surface area (Å²) < 4.78 is 11.8. The third kappa shape index (κ3) is 5.46. The van der Waals surface area contributed by atoms with Crippen molar-refractivity contribution in [2.45, 2.75) is 0 Å². The predicted octanol–water partition coefficient (Wildman–Crippen LogP) is 16.4. The largest absolute Gasteiger partial charge is 0.454 e. The molecule has 0 saturated carbocycles. The second kappa shape index (κ2) is 14.1. The molecular formula is C60H38N2O. The van der Waals surface area contributed by atoms with Gasteiger partial charge in [-0.3, -0.25) is 0 Å². The molecule has 0 N–H and O–H groups in total. The minimum atomic E-state index is 0.870. The Labute approximate surface area is 363 Å². The first-order valence-corrected chi connectivity index (χ1v) is 21.6. The molecule has 3 nitrogen and oxygen atoms in total. The van der Waals surface area contributed by atoms with E-state index in [0.717, 1.165) is 49.8 Å². The van der Waals surface area contributed by atoms with E-state index in [1.54, 1.807) is 0 Å². The maximum absolute atomic E-state index is 6.97. The van der Waals surface area contributed by atoms with Crippen LogP contribution in [0.2, 0.25) is 0 Å². The number of para-hydroxylation sites is 4. The van der Waals surface area contributed by atoms with Crippen LogP contribution in [0.25, 0.3) is 121 Å². The molecule has 0 aliphatic heterocycles.